The molecule has 5 nitrogen and oxygen atoms in total. The van der Waals surface area contributed by atoms with Crippen LogP contribution in [-0.2, 0) is 19.7 Å². The van der Waals surface area contributed by atoms with Crippen LogP contribution in [0.4, 0.5) is 5.88 Å². The third-order valence-corrected chi connectivity index (χ3v) is 4.57. The zero-order valence-corrected chi connectivity index (χ0v) is 14.8. The quantitative estimate of drug-likeness (QED) is 0.707. The molecule has 0 spiro atoms. The van der Waals surface area contributed by atoms with E-state index in [1.807, 2.05) is 43.0 Å². The summed E-state index contributed by atoms with van der Waals surface area (Å²) in [4.78, 5) is 6.34. The summed E-state index contributed by atoms with van der Waals surface area (Å²) in [5.41, 5.74) is 5.06. The SMILES string of the molecule is Cc1ccc(OCc2nc(C#N)c(N3Cc4ccccc4C3)o2)c(C)c1. The number of ether oxygens (including phenoxy) is 1. The second kappa shape index (κ2) is 6.57. The Morgan fingerprint density at radius 2 is 1.88 bits per heavy atom. The van der Waals surface area contributed by atoms with E-state index in [0.717, 1.165) is 24.4 Å². The largest absolute Gasteiger partial charge is 0.484 e. The van der Waals surface area contributed by atoms with Crippen molar-refractivity contribution in [3.8, 4) is 11.8 Å². The number of aromatic nitrogens is 1. The number of nitriles is 1. The predicted molar refractivity (Wildman–Crippen MR) is 97.8 cm³/mol. The fourth-order valence-corrected chi connectivity index (χ4v) is 3.28. The average molecular weight is 345 g/mol. The summed E-state index contributed by atoms with van der Waals surface area (Å²) in [5, 5.41) is 9.43. The van der Waals surface area contributed by atoms with Gasteiger partial charge in [0.1, 0.15) is 11.8 Å². The first-order valence-corrected chi connectivity index (χ1v) is 8.55. The number of oxazole rings is 1. The molecule has 5 heteroatoms. The lowest BCUT2D eigenvalue weighted by Crippen LogP contribution is -2.14. The van der Waals surface area contributed by atoms with Crippen LogP contribution in [0.3, 0.4) is 0 Å². The topological polar surface area (TPSA) is 62.3 Å². The van der Waals surface area contributed by atoms with Gasteiger partial charge in [0.2, 0.25) is 17.5 Å². The van der Waals surface area contributed by atoms with E-state index >= 15 is 0 Å². The van der Waals surface area contributed by atoms with E-state index in [2.05, 4.69) is 29.3 Å². The highest BCUT2D eigenvalue weighted by molar-refractivity contribution is 5.52. The van der Waals surface area contributed by atoms with Crippen LogP contribution in [0.5, 0.6) is 5.75 Å². The Bertz CT molecular complexity index is 976. The fourth-order valence-electron chi connectivity index (χ4n) is 3.28. The highest BCUT2D eigenvalue weighted by Crippen LogP contribution is 2.31. The molecule has 0 amide bonds. The second-order valence-corrected chi connectivity index (χ2v) is 6.56. The molecular formula is C21H19N3O2. The summed E-state index contributed by atoms with van der Waals surface area (Å²) in [6.45, 7) is 5.68. The molecule has 1 aliphatic rings. The molecule has 0 radical (unpaired) electrons. The first kappa shape index (κ1) is 16.2. The standard InChI is InChI=1S/C21H19N3O2/c1-14-7-8-19(15(2)9-14)25-13-20-23-18(10-22)21(26-20)24-11-16-5-3-4-6-17(16)12-24/h3-9H,11-13H2,1-2H3. The molecule has 0 saturated carbocycles. The number of hydrogen-bond donors (Lipinski definition) is 0. The summed E-state index contributed by atoms with van der Waals surface area (Å²) >= 11 is 0. The normalized spacial score (nSPS) is 12.7. The van der Waals surface area contributed by atoms with E-state index in [9.17, 15) is 5.26 Å². The number of fused-ring (bicyclic) bond motifs is 1. The van der Waals surface area contributed by atoms with Gasteiger partial charge in [0.05, 0.1) is 0 Å². The Hall–Kier alpha value is -3.26. The molecule has 0 fully saturated rings. The number of hydrogen-bond acceptors (Lipinski definition) is 5. The van der Waals surface area contributed by atoms with E-state index in [4.69, 9.17) is 9.15 Å². The molecule has 0 aliphatic carbocycles. The van der Waals surface area contributed by atoms with Crippen molar-refractivity contribution in [1.82, 2.24) is 4.98 Å². The molecule has 0 saturated heterocycles. The Morgan fingerprint density at radius 1 is 1.15 bits per heavy atom. The van der Waals surface area contributed by atoms with Crippen molar-refractivity contribution in [2.24, 2.45) is 0 Å². The minimum atomic E-state index is 0.194. The molecule has 130 valence electrons. The van der Waals surface area contributed by atoms with Crippen molar-refractivity contribution < 1.29 is 9.15 Å². The van der Waals surface area contributed by atoms with E-state index < -0.39 is 0 Å². The third-order valence-electron chi connectivity index (χ3n) is 4.57. The van der Waals surface area contributed by atoms with Gasteiger partial charge in [-0.2, -0.15) is 10.2 Å². The lowest BCUT2D eigenvalue weighted by molar-refractivity contribution is 0.262. The van der Waals surface area contributed by atoms with Gasteiger partial charge < -0.3 is 14.1 Å². The number of rotatable bonds is 4. The molecule has 4 rings (SSSR count). The van der Waals surface area contributed by atoms with Gasteiger partial charge in [-0.3, -0.25) is 0 Å². The maximum Gasteiger partial charge on any atom is 0.236 e. The van der Waals surface area contributed by atoms with Crippen molar-refractivity contribution >= 4 is 5.88 Å². The highest BCUT2D eigenvalue weighted by Gasteiger charge is 2.25. The Labute approximate surface area is 152 Å². The molecule has 0 bridgehead atoms. The minimum absolute atomic E-state index is 0.194. The van der Waals surface area contributed by atoms with Gasteiger partial charge in [-0.15, -0.1) is 0 Å². The molecule has 2 aromatic carbocycles. The lowest BCUT2D eigenvalue weighted by Gasteiger charge is -2.13. The van der Waals surface area contributed by atoms with Crippen molar-refractivity contribution in [3.05, 3.63) is 76.3 Å². The first-order chi connectivity index (χ1) is 12.6. The first-order valence-electron chi connectivity index (χ1n) is 8.55. The fraction of sp³-hybridized carbons (Fsp3) is 0.238. The van der Waals surface area contributed by atoms with Crippen LogP contribution in [0.1, 0.15) is 33.8 Å². The third kappa shape index (κ3) is 3.02. The van der Waals surface area contributed by atoms with Crippen LogP contribution < -0.4 is 9.64 Å². The predicted octanol–water partition coefficient (Wildman–Crippen LogP) is 4.26. The summed E-state index contributed by atoms with van der Waals surface area (Å²) in [7, 11) is 0. The van der Waals surface area contributed by atoms with Crippen molar-refractivity contribution in [1.29, 1.82) is 5.26 Å². The van der Waals surface area contributed by atoms with E-state index in [0.29, 0.717) is 17.5 Å². The molecule has 1 aliphatic heterocycles. The summed E-state index contributed by atoms with van der Waals surface area (Å²) in [6.07, 6.45) is 0. The van der Waals surface area contributed by atoms with Gasteiger partial charge in [-0.05, 0) is 36.6 Å². The van der Waals surface area contributed by atoms with Gasteiger partial charge in [0.15, 0.2) is 6.61 Å². The summed E-state index contributed by atoms with van der Waals surface area (Å²) in [5.74, 6) is 1.72. The Morgan fingerprint density at radius 3 is 2.54 bits per heavy atom. The smallest absolute Gasteiger partial charge is 0.236 e. The number of nitrogens with zero attached hydrogens (tertiary/aromatic N) is 3. The van der Waals surface area contributed by atoms with Crippen molar-refractivity contribution in [2.45, 2.75) is 33.5 Å². The molecule has 2 heterocycles. The van der Waals surface area contributed by atoms with Gasteiger partial charge in [-0.1, -0.05) is 42.0 Å². The highest BCUT2D eigenvalue weighted by atomic mass is 16.5. The number of aryl methyl sites for hydroxylation is 2. The van der Waals surface area contributed by atoms with Crippen molar-refractivity contribution in [2.75, 3.05) is 4.90 Å². The number of anilines is 1. The van der Waals surface area contributed by atoms with Gasteiger partial charge in [-0.25, -0.2) is 0 Å². The monoisotopic (exact) mass is 345 g/mol. The average Bonchev–Trinajstić information content (AvgIpc) is 3.24. The van der Waals surface area contributed by atoms with Gasteiger partial charge in [0, 0.05) is 13.1 Å². The van der Waals surface area contributed by atoms with Crippen LogP contribution in [-0.4, -0.2) is 4.98 Å². The van der Waals surface area contributed by atoms with Gasteiger partial charge >= 0.3 is 0 Å². The van der Waals surface area contributed by atoms with E-state index in [1.165, 1.54) is 16.7 Å². The van der Waals surface area contributed by atoms with Crippen LogP contribution >= 0.6 is 0 Å². The van der Waals surface area contributed by atoms with Crippen LogP contribution in [0, 0.1) is 25.2 Å². The molecular weight excluding hydrogens is 326 g/mol. The molecule has 1 aromatic heterocycles. The lowest BCUT2D eigenvalue weighted by atomic mass is 10.1. The molecule has 0 unspecified atom stereocenters. The van der Waals surface area contributed by atoms with E-state index in [1.54, 1.807) is 0 Å². The van der Waals surface area contributed by atoms with Crippen molar-refractivity contribution in [3.63, 3.8) is 0 Å². The zero-order chi connectivity index (χ0) is 18.1. The molecule has 26 heavy (non-hydrogen) atoms. The Balaban J connectivity index is 1.52. The maximum atomic E-state index is 9.43. The van der Waals surface area contributed by atoms with Gasteiger partial charge in [0.25, 0.3) is 0 Å². The number of benzene rings is 2. The zero-order valence-electron chi connectivity index (χ0n) is 14.8. The van der Waals surface area contributed by atoms with Crippen LogP contribution in [0.2, 0.25) is 0 Å². The molecule has 0 N–H and O–H groups in total. The second-order valence-electron chi connectivity index (χ2n) is 6.56. The molecule has 3 aromatic rings. The van der Waals surface area contributed by atoms with Crippen LogP contribution in [0.25, 0.3) is 0 Å². The Kier molecular flexibility index (Phi) is 4.10. The minimum Gasteiger partial charge on any atom is -0.484 e. The van der Waals surface area contributed by atoms with E-state index in [-0.39, 0.29) is 6.61 Å². The molecule has 0 atom stereocenters. The maximum absolute atomic E-state index is 9.43. The summed E-state index contributed by atoms with van der Waals surface area (Å²) < 4.78 is 11.7. The summed E-state index contributed by atoms with van der Waals surface area (Å²) in [6, 6.07) is 16.4. The van der Waals surface area contributed by atoms with Crippen LogP contribution in [0.15, 0.2) is 46.9 Å².